The molecule has 120 valence electrons. The van der Waals surface area contributed by atoms with Crippen LogP contribution in [-0.2, 0) is 13.2 Å². The van der Waals surface area contributed by atoms with Gasteiger partial charge < -0.3 is 15.0 Å². The summed E-state index contributed by atoms with van der Waals surface area (Å²) in [6, 6.07) is 14.3. The number of imidazole rings is 1. The van der Waals surface area contributed by atoms with Crippen molar-refractivity contribution in [1.29, 1.82) is 0 Å². The van der Waals surface area contributed by atoms with Crippen LogP contribution < -0.4 is 10.5 Å². The van der Waals surface area contributed by atoms with E-state index in [1.165, 1.54) is 11.1 Å². The van der Waals surface area contributed by atoms with Gasteiger partial charge in [-0.05, 0) is 56.1 Å². The highest BCUT2D eigenvalue weighted by molar-refractivity contribution is 5.75. The van der Waals surface area contributed by atoms with Crippen LogP contribution in [0.3, 0.4) is 0 Å². The summed E-state index contributed by atoms with van der Waals surface area (Å²) in [7, 11) is 0. The fourth-order valence-corrected chi connectivity index (χ4v) is 2.76. The van der Waals surface area contributed by atoms with Crippen molar-refractivity contribution in [2.45, 2.75) is 33.4 Å². The maximum atomic E-state index is 6.04. The Hall–Kier alpha value is -2.33. The highest BCUT2D eigenvalue weighted by Crippen LogP contribution is 2.23. The van der Waals surface area contributed by atoms with Gasteiger partial charge in [0.05, 0.1) is 11.0 Å². The summed E-state index contributed by atoms with van der Waals surface area (Å²) in [4.78, 5) is 4.73. The minimum absolute atomic E-state index is 0.462. The molecule has 3 aromatic rings. The third-order valence-corrected chi connectivity index (χ3v) is 4.23. The molecule has 0 saturated carbocycles. The van der Waals surface area contributed by atoms with Crippen molar-refractivity contribution in [2.24, 2.45) is 5.73 Å². The molecule has 2 N–H and O–H groups in total. The van der Waals surface area contributed by atoms with Crippen molar-refractivity contribution >= 4 is 11.0 Å². The predicted octanol–water partition coefficient (Wildman–Crippen LogP) is 3.58. The Labute approximate surface area is 136 Å². The number of benzene rings is 2. The van der Waals surface area contributed by atoms with Gasteiger partial charge in [0.25, 0.3) is 0 Å². The van der Waals surface area contributed by atoms with E-state index in [4.69, 9.17) is 15.5 Å². The van der Waals surface area contributed by atoms with Crippen molar-refractivity contribution in [3.8, 4) is 5.75 Å². The second-order valence-electron chi connectivity index (χ2n) is 5.80. The van der Waals surface area contributed by atoms with E-state index >= 15 is 0 Å². The number of hydrogen-bond acceptors (Lipinski definition) is 3. The minimum atomic E-state index is 0.462. The van der Waals surface area contributed by atoms with Gasteiger partial charge in [0.1, 0.15) is 18.2 Å². The van der Waals surface area contributed by atoms with Gasteiger partial charge in [-0.2, -0.15) is 0 Å². The molecule has 0 saturated heterocycles. The molecule has 0 amide bonds. The van der Waals surface area contributed by atoms with E-state index in [1.54, 1.807) is 0 Å². The lowest BCUT2D eigenvalue weighted by molar-refractivity contribution is 0.287. The van der Waals surface area contributed by atoms with Crippen LogP contribution in [0.25, 0.3) is 11.0 Å². The Morgan fingerprint density at radius 3 is 2.74 bits per heavy atom. The number of nitrogens with two attached hydrogens (primary N) is 1. The number of para-hydroxylation sites is 2. The van der Waals surface area contributed by atoms with Crippen molar-refractivity contribution in [1.82, 2.24) is 9.55 Å². The molecule has 0 atom stereocenters. The maximum Gasteiger partial charge on any atom is 0.147 e. The van der Waals surface area contributed by atoms with Crippen LogP contribution in [0, 0.1) is 13.8 Å². The highest BCUT2D eigenvalue weighted by atomic mass is 16.5. The monoisotopic (exact) mass is 309 g/mol. The Morgan fingerprint density at radius 1 is 1.09 bits per heavy atom. The number of ether oxygens (including phenoxy) is 1. The number of aromatic nitrogens is 2. The first-order valence-corrected chi connectivity index (χ1v) is 8.04. The molecule has 1 heterocycles. The second kappa shape index (κ2) is 6.84. The van der Waals surface area contributed by atoms with Gasteiger partial charge in [-0.3, -0.25) is 0 Å². The topological polar surface area (TPSA) is 53.1 Å². The molecular formula is C19H23N3O. The van der Waals surface area contributed by atoms with Gasteiger partial charge in [0.15, 0.2) is 0 Å². The number of hydrogen-bond donors (Lipinski definition) is 1. The predicted molar refractivity (Wildman–Crippen MR) is 93.7 cm³/mol. The third kappa shape index (κ3) is 3.22. The molecule has 23 heavy (non-hydrogen) atoms. The van der Waals surface area contributed by atoms with Gasteiger partial charge in [-0.1, -0.05) is 24.3 Å². The molecule has 0 aliphatic heterocycles. The average Bonchev–Trinajstić information content (AvgIpc) is 2.92. The number of rotatable bonds is 6. The first-order chi connectivity index (χ1) is 11.2. The molecule has 0 unspecified atom stereocenters. The van der Waals surface area contributed by atoms with Crippen LogP contribution in [0.2, 0.25) is 0 Å². The summed E-state index contributed by atoms with van der Waals surface area (Å²) in [6.07, 6.45) is 0.927. The van der Waals surface area contributed by atoms with E-state index in [0.717, 1.165) is 35.6 Å². The van der Waals surface area contributed by atoms with Crippen molar-refractivity contribution in [3.63, 3.8) is 0 Å². The SMILES string of the molecule is Cc1cccc(OCc2nc3ccccc3n2CCCN)c1C. The zero-order chi connectivity index (χ0) is 16.2. The second-order valence-corrected chi connectivity index (χ2v) is 5.80. The minimum Gasteiger partial charge on any atom is -0.485 e. The lowest BCUT2D eigenvalue weighted by Crippen LogP contribution is -2.11. The van der Waals surface area contributed by atoms with Crippen LogP contribution in [-0.4, -0.2) is 16.1 Å². The molecule has 4 heteroatoms. The summed E-state index contributed by atoms with van der Waals surface area (Å²) >= 11 is 0. The Balaban J connectivity index is 1.88. The quantitative estimate of drug-likeness (QED) is 0.757. The number of aryl methyl sites for hydroxylation is 2. The van der Waals surface area contributed by atoms with Gasteiger partial charge >= 0.3 is 0 Å². The van der Waals surface area contributed by atoms with Crippen LogP contribution in [0.5, 0.6) is 5.75 Å². The van der Waals surface area contributed by atoms with Gasteiger partial charge in [0.2, 0.25) is 0 Å². The summed E-state index contributed by atoms with van der Waals surface area (Å²) in [5.74, 6) is 1.86. The van der Waals surface area contributed by atoms with Gasteiger partial charge in [0, 0.05) is 6.54 Å². The molecule has 1 aromatic heterocycles. The molecule has 0 aliphatic carbocycles. The molecule has 4 nitrogen and oxygen atoms in total. The fraction of sp³-hybridized carbons (Fsp3) is 0.316. The van der Waals surface area contributed by atoms with Crippen LogP contribution >= 0.6 is 0 Å². The lowest BCUT2D eigenvalue weighted by atomic mass is 10.1. The molecule has 0 radical (unpaired) electrons. The third-order valence-electron chi connectivity index (χ3n) is 4.23. The van der Waals surface area contributed by atoms with E-state index in [2.05, 4.69) is 30.5 Å². The summed E-state index contributed by atoms with van der Waals surface area (Å²) in [5, 5.41) is 0. The first kappa shape index (κ1) is 15.6. The molecule has 2 aromatic carbocycles. The average molecular weight is 309 g/mol. The molecule has 0 bridgehead atoms. The Bertz CT molecular complexity index is 807. The summed E-state index contributed by atoms with van der Waals surface area (Å²) < 4.78 is 8.25. The first-order valence-electron chi connectivity index (χ1n) is 8.04. The Kier molecular flexibility index (Phi) is 4.63. The van der Waals surface area contributed by atoms with Gasteiger partial charge in [-0.15, -0.1) is 0 Å². The smallest absolute Gasteiger partial charge is 0.147 e. The molecule has 0 fully saturated rings. The molecule has 0 spiro atoms. The molecule has 0 aliphatic rings. The van der Waals surface area contributed by atoms with Crippen LogP contribution in [0.15, 0.2) is 42.5 Å². The molecular weight excluding hydrogens is 286 g/mol. The van der Waals surface area contributed by atoms with Crippen LogP contribution in [0.4, 0.5) is 0 Å². The van der Waals surface area contributed by atoms with E-state index in [1.807, 2.05) is 30.3 Å². The highest BCUT2D eigenvalue weighted by Gasteiger charge is 2.11. The van der Waals surface area contributed by atoms with E-state index in [-0.39, 0.29) is 0 Å². The zero-order valence-electron chi connectivity index (χ0n) is 13.7. The van der Waals surface area contributed by atoms with E-state index in [0.29, 0.717) is 13.2 Å². The zero-order valence-corrected chi connectivity index (χ0v) is 13.7. The molecule has 3 rings (SSSR count). The maximum absolute atomic E-state index is 6.04. The van der Waals surface area contributed by atoms with Crippen molar-refractivity contribution in [3.05, 3.63) is 59.4 Å². The largest absolute Gasteiger partial charge is 0.485 e. The number of fused-ring (bicyclic) bond motifs is 1. The summed E-state index contributed by atoms with van der Waals surface area (Å²) in [5.41, 5.74) is 10.2. The summed E-state index contributed by atoms with van der Waals surface area (Å²) in [6.45, 7) is 6.18. The Morgan fingerprint density at radius 2 is 1.91 bits per heavy atom. The van der Waals surface area contributed by atoms with E-state index in [9.17, 15) is 0 Å². The van der Waals surface area contributed by atoms with Crippen molar-refractivity contribution in [2.75, 3.05) is 6.54 Å². The van der Waals surface area contributed by atoms with Gasteiger partial charge in [-0.25, -0.2) is 4.98 Å². The van der Waals surface area contributed by atoms with E-state index < -0.39 is 0 Å². The van der Waals surface area contributed by atoms with Crippen LogP contribution in [0.1, 0.15) is 23.4 Å². The number of nitrogens with zero attached hydrogens (tertiary/aromatic N) is 2. The lowest BCUT2D eigenvalue weighted by Gasteiger charge is -2.12. The fourth-order valence-electron chi connectivity index (χ4n) is 2.76. The normalized spacial score (nSPS) is 11.1. The van der Waals surface area contributed by atoms with Crippen molar-refractivity contribution < 1.29 is 4.74 Å². The standard InChI is InChI=1S/C19H23N3O/c1-14-7-5-10-18(15(14)2)23-13-19-21-16-8-3-4-9-17(16)22(19)12-6-11-20/h3-5,7-10H,6,11-13,20H2,1-2H3.